The van der Waals surface area contributed by atoms with Crippen molar-refractivity contribution < 1.29 is 4.79 Å². The Morgan fingerprint density at radius 1 is 1.09 bits per heavy atom. The average Bonchev–Trinajstić information content (AvgIpc) is 2.42. The Bertz CT molecular complexity index is 672. The Kier molecular flexibility index (Phi) is 4.45. The van der Waals surface area contributed by atoms with Crippen LogP contribution in [0.15, 0.2) is 30.6 Å². The molecule has 5 heteroatoms. The average molecular weight is 298 g/mol. The van der Waals surface area contributed by atoms with Crippen LogP contribution in [0.25, 0.3) is 0 Å². The minimum Gasteiger partial charge on any atom is -0.364 e. The van der Waals surface area contributed by atoms with Crippen LogP contribution in [0, 0.1) is 13.8 Å². The predicted molar refractivity (Wildman–Crippen MR) is 89.3 cm³/mol. The fourth-order valence-corrected chi connectivity index (χ4v) is 1.95. The maximum absolute atomic E-state index is 12.2. The third-order valence-corrected chi connectivity index (χ3v) is 3.03. The van der Waals surface area contributed by atoms with Gasteiger partial charge in [-0.15, -0.1) is 0 Å². The molecule has 1 aromatic heterocycles. The number of hydrogen-bond acceptors (Lipinski definition) is 4. The quantitative estimate of drug-likeness (QED) is 0.909. The van der Waals surface area contributed by atoms with Crippen molar-refractivity contribution in [3.05, 3.63) is 47.4 Å². The topological polar surface area (TPSA) is 66.9 Å². The summed E-state index contributed by atoms with van der Waals surface area (Å²) in [6.07, 6.45) is 3.05. The van der Waals surface area contributed by atoms with Crippen molar-refractivity contribution in [3.8, 4) is 0 Å². The van der Waals surface area contributed by atoms with E-state index < -0.39 is 0 Å². The molecule has 0 bridgehead atoms. The third kappa shape index (κ3) is 4.28. The molecule has 1 heterocycles. The van der Waals surface area contributed by atoms with E-state index in [4.69, 9.17) is 0 Å². The lowest BCUT2D eigenvalue weighted by atomic mass is 10.1. The van der Waals surface area contributed by atoms with Gasteiger partial charge >= 0.3 is 0 Å². The van der Waals surface area contributed by atoms with Crippen molar-refractivity contribution in [2.75, 3.05) is 10.6 Å². The molecule has 1 amide bonds. The number of carbonyl (C=O) groups excluding carboxylic acids is 1. The summed E-state index contributed by atoms with van der Waals surface area (Å²) in [7, 11) is 0. The van der Waals surface area contributed by atoms with E-state index >= 15 is 0 Å². The largest absolute Gasteiger partial charge is 0.364 e. The zero-order valence-corrected chi connectivity index (χ0v) is 13.7. The van der Waals surface area contributed by atoms with Gasteiger partial charge in [0.05, 0.1) is 12.4 Å². The van der Waals surface area contributed by atoms with E-state index in [-0.39, 0.29) is 11.4 Å². The van der Waals surface area contributed by atoms with Crippen molar-refractivity contribution in [1.29, 1.82) is 0 Å². The summed E-state index contributed by atoms with van der Waals surface area (Å²) in [4.78, 5) is 20.6. The SMILES string of the molecule is Cc1ccc(C)c(NC(=O)c2cnc(NC(C)(C)C)cn2)c1. The molecule has 0 unspecified atom stereocenters. The van der Waals surface area contributed by atoms with Crippen molar-refractivity contribution in [2.45, 2.75) is 40.2 Å². The van der Waals surface area contributed by atoms with Crippen LogP contribution < -0.4 is 10.6 Å². The zero-order valence-electron chi connectivity index (χ0n) is 13.7. The molecule has 2 aromatic rings. The molecule has 0 aliphatic heterocycles. The summed E-state index contributed by atoms with van der Waals surface area (Å²) in [6, 6.07) is 5.93. The molecule has 2 N–H and O–H groups in total. The zero-order chi connectivity index (χ0) is 16.3. The summed E-state index contributed by atoms with van der Waals surface area (Å²) in [6.45, 7) is 10.1. The van der Waals surface area contributed by atoms with E-state index in [1.807, 2.05) is 52.8 Å². The monoisotopic (exact) mass is 298 g/mol. The van der Waals surface area contributed by atoms with Gasteiger partial charge in [-0.2, -0.15) is 0 Å². The summed E-state index contributed by atoms with van der Waals surface area (Å²) in [5.74, 6) is 0.388. The first-order valence-electron chi connectivity index (χ1n) is 7.23. The normalized spacial score (nSPS) is 11.1. The number of aryl methyl sites for hydroxylation is 2. The Labute approximate surface area is 131 Å². The molecule has 5 nitrogen and oxygen atoms in total. The number of anilines is 2. The molecule has 0 fully saturated rings. The molecule has 2 rings (SSSR count). The summed E-state index contributed by atoms with van der Waals surface area (Å²) >= 11 is 0. The van der Waals surface area contributed by atoms with Gasteiger partial charge in [0.2, 0.25) is 0 Å². The van der Waals surface area contributed by atoms with E-state index in [1.54, 1.807) is 6.20 Å². The molecule has 0 spiro atoms. The van der Waals surface area contributed by atoms with Crippen LogP contribution in [0.1, 0.15) is 42.4 Å². The number of carbonyl (C=O) groups is 1. The molecule has 0 atom stereocenters. The van der Waals surface area contributed by atoms with Gasteiger partial charge in [0, 0.05) is 11.2 Å². The van der Waals surface area contributed by atoms with Gasteiger partial charge in [0.25, 0.3) is 5.91 Å². The smallest absolute Gasteiger partial charge is 0.275 e. The van der Waals surface area contributed by atoms with Gasteiger partial charge in [0.1, 0.15) is 11.5 Å². The maximum Gasteiger partial charge on any atom is 0.275 e. The van der Waals surface area contributed by atoms with Crippen LogP contribution in [-0.4, -0.2) is 21.4 Å². The highest BCUT2D eigenvalue weighted by atomic mass is 16.1. The number of benzene rings is 1. The van der Waals surface area contributed by atoms with E-state index in [2.05, 4.69) is 20.6 Å². The number of nitrogens with one attached hydrogen (secondary N) is 2. The molecule has 0 radical (unpaired) electrons. The first-order chi connectivity index (χ1) is 10.2. The van der Waals surface area contributed by atoms with Crippen molar-refractivity contribution in [3.63, 3.8) is 0 Å². The molecule has 0 saturated heterocycles. The first kappa shape index (κ1) is 15.9. The van der Waals surface area contributed by atoms with Gasteiger partial charge in [-0.05, 0) is 51.8 Å². The second kappa shape index (κ2) is 6.13. The van der Waals surface area contributed by atoms with Crippen LogP contribution in [0.4, 0.5) is 11.5 Å². The van der Waals surface area contributed by atoms with Gasteiger partial charge in [-0.3, -0.25) is 4.79 Å². The highest BCUT2D eigenvalue weighted by Crippen LogP contribution is 2.17. The van der Waals surface area contributed by atoms with E-state index in [9.17, 15) is 4.79 Å². The predicted octanol–water partition coefficient (Wildman–Crippen LogP) is 3.56. The lowest BCUT2D eigenvalue weighted by Crippen LogP contribution is -2.27. The Morgan fingerprint density at radius 3 is 2.41 bits per heavy atom. The first-order valence-corrected chi connectivity index (χ1v) is 7.23. The second-order valence-electron chi connectivity index (χ2n) is 6.43. The lowest BCUT2D eigenvalue weighted by Gasteiger charge is -2.20. The second-order valence-corrected chi connectivity index (χ2v) is 6.43. The number of nitrogens with zero attached hydrogens (tertiary/aromatic N) is 2. The third-order valence-electron chi connectivity index (χ3n) is 3.03. The molecular formula is C17H22N4O. The number of rotatable bonds is 3. The molecule has 0 saturated carbocycles. The highest BCUT2D eigenvalue weighted by Gasteiger charge is 2.13. The number of amides is 1. The maximum atomic E-state index is 12.2. The molecule has 1 aromatic carbocycles. The number of aromatic nitrogens is 2. The Balaban J connectivity index is 2.11. The molecule has 22 heavy (non-hydrogen) atoms. The Hall–Kier alpha value is -2.43. The van der Waals surface area contributed by atoms with Crippen LogP contribution in [-0.2, 0) is 0 Å². The van der Waals surface area contributed by atoms with Gasteiger partial charge in [-0.25, -0.2) is 9.97 Å². The minimum absolute atomic E-state index is 0.100. The molecule has 116 valence electrons. The van der Waals surface area contributed by atoms with E-state index in [0.717, 1.165) is 16.8 Å². The minimum atomic E-state index is -0.261. The van der Waals surface area contributed by atoms with E-state index in [0.29, 0.717) is 11.5 Å². The van der Waals surface area contributed by atoms with Crippen molar-refractivity contribution in [1.82, 2.24) is 9.97 Å². The van der Waals surface area contributed by atoms with Crippen LogP contribution in [0.2, 0.25) is 0 Å². The summed E-state index contributed by atoms with van der Waals surface area (Å²) in [5, 5.41) is 6.08. The summed E-state index contributed by atoms with van der Waals surface area (Å²) < 4.78 is 0. The molecule has 0 aliphatic carbocycles. The van der Waals surface area contributed by atoms with Crippen LogP contribution >= 0.6 is 0 Å². The lowest BCUT2D eigenvalue weighted by molar-refractivity contribution is 0.102. The van der Waals surface area contributed by atoms with Gasteiger partial charge in [0.15, 0.2) is 0 Å². The van der Waals surface area contributed by atoms with Crippen molar-refractivity contribution in [2.24, 2.45) is 0 Å². The molecular weight excluding hydrogens is 276 g/mol. The fourth-order valence-electron chi connectivity index (χ4n) is 1.95. The van der Waals surface area contributed by atoms with Crippen LogP contribution in [0.3, 0.4) is 0 Å². The van der Waals surface area contributed by atoms with Crippen LogP contribution in [0.5, 0.6) is 0 Å². The fraction of sp³-hybridized carbons (Fsp3) is 0.353. The Morgan fingerprint density at radius 2 is 1.82 bits per heavy atom. The standard InChI is InChI=1S/C17H22N4O/c1-11-6-7-12(2)13(8-11)20-16(22)14-9-19-15(10-18-14)21-17(3,4)5/h6-10H,1-5H3,(H,19,21)(H,20,22). The molecule has 0 aliphatic rings. The van der Waals surface area contributed by atoms with Crippen molar-refractivity contribution >= 4 is 17.4 Å². The number of hydrogen-bond donors (Lipinski definition) is 2. The summed E-state index contributed by atoms with van der Waals surface area (Å²) in [5.41, 5.74) is 3.09. The highest BCUT2D eigenvalue weighted by molar-refractivity contribution is 6.03. The van der Waals surface area contributed by atoms with E-state index in [1.165, 1.54) is 6.20 Å². The van der Waals surface area contributed by atoms with Gasteiger partial charge < -0.3 is 10.6 Å². The van der Waals surface area contributed by atoms with Gasteiger partial charge in [-0.1, -0.05) is 12.1 Å².